The third-order valence-corrected chi connectivity index (χ3v) is 9.52. The summed E-state index contributed by atoms with van der Waals surface area (Å²) in [4.78, 5) is 31.5. The molecule has 2 atom stereocenters. The Labute approximate surface area is 279 Å². The van der Waals surface area contributed by atoms with Crippen LogP contribution in [0.25, 0.3) is 21.7 Å². The van der Waals surface area contributed by atoms with E-state index in [1.165, 1.54) is 0 Å². The van der Waals surface area contributed by atoms with Gasteiger partial charge in [0.15, 0.2) is 0 Å². The number of hydrogen-bond donors (Lipinski definition) is 4. The molecular weight excluding hydrogens is 603 g/mol. The van der Waals surface area contributed by atoms with Gasteiger partial charge in [-0.05, 0) is 78.6 Å². The highest BCUT2D eigenvalue weighted by atomic mass is 32.2. The van der Waals surface area contributed by atoms with Crippen molar-refractivity contribution in [1.29, 1.82) is 0 Å². The summed E-state index contributed by atoms with van der Waals surface area (Å²) in [6, 6.07) is 38.8. The molecule has 0 fully saturated rings. The van der Waals surface area contributed by atoms with Crippen molar-refractivity contribution >= 4 is 45.3 Å². The predicted octanol–water partition coefficient (Wildman–Crippen LogP) is 7.57. The number of nitrogens with one attached hydrogen (secondary N) is 3. The number of H-pyrrole nitrogens is 1. The monoisotopic (exact) mass is 641 g/mol. The topological polar surface area (TPSA) is 94.2 Å². The maximum atomic E-state index is 13.7. The molecule has 0 radical (unpaired) electrons. The van der Waals surface area contributed by atoms with Crippen molar-refractivity contribution in [2.45, 2.75) is 49.3 Å². The minimum atomic E-state index is -0.955. The van der Waals surface area contributed by atoms with Gasteiger partial charge in [-0.25, -0.2) is 0 Å². The normalized spacial score (nSPS) is 12.9. The molecule has 6 aromatic rings. The summed E-state index contributed by atoms with van der Waals surface area (Å²) in [5.74, 6) is -0.0154. The lowest BCUT2D eigenvalue weighted by Crippen LogP contribution is -2.47. The van der Waals surface area contributed by atoms with Crippen LogP contribution in [0.15, 0.2) is 132 Å². The van der Waals surface area contributed by atoms with E-state index in [0.29, 0.717) is 23.3 Å². The van der Waals surface area contributed by atoms with E-state index < -0.39 is 17.7 Å². The maximum absolute atomic E-state index is 13.7. The van der Waals surface area contributed by atoms with Crippen molar-refractivity contribution in [3.05, 3.63) is 150 Å². The summed E-state index contributed by atoms with van der Waals surface area (Å²) in [5, 5.41) is 21.2. The van der Waals surface area contributed by atoms with E-state index in [4.69, 9.17) is 0 Å². The Balaban J connectivity index is 1.22. The quantitative estimate of drug-likeness (QED) is 0.104. The van der Waals surface area contributed by atoms with Crippen LogP contribution in [0.3, 0.4) is 0 Å². The number of carbonyl (C=O) groups is 2. The van der Waals surface area contributed by atoms with E-state index >= 15 is 0 Å². The van der Waals surface area contributed by atoms with Gasteiger partial charge < -0.3 is 20.7 Å². The van der Waals surface area contributed by atoms with Gasteiger partial charge in [0.25, 0.3) is 11.8 Å². The highest BCUT2D eigenvalue weighted by molar-refractivity contribution is 7.99. The number of thioether (sulfide) groups is 1. The summed E-state index contributed by atoms with van der Waals surface area (Å²) < 4.78 is 0. The van der Waals surface area contributed by atoms with Gasteiger partial charge in [0.2, 0.25) is 0 Å². The molecule has 0 saturated heterocycles. The van der Waals surface area contributed by atoms with Gasteiger partial charge in [-0.2, -0.15) is 0 Å². The second-order valence-corrected chi connectivity index (χ2v) is 13.7. The molecule has 47 heavy (non-hydrogen) atoms. The molecule has 0 saturated carbocycles. The van der Waals surface area contributed by atoms with E-state index in [1.54, 1.807) is 23.9 Å². The third kappa shape index (κ3) is 7.94. The first kappa shape index (κ1) is 32.1. The van der Waals surface area contributed by atoms with Crippen molar-refractivity contribution in [1.82, 2.24) is 15.6 Å². The molecule has 1 heterocycles. The largest absolute Gasteiger partial charge is 0.391 e. The Morgan fingerprint density at radius 3 is 2.34 bits per heavy atom. The molecule has 2 amide bonds. The molecule has 0 spiro atoms. The Bertz CT molecular complexity index is 2000. The first-order chi connectivity index (χ1) is 22.8. The Kier molecular flexibility index (Phi) is 9.76. The highest BCUT2D eigenvalue weighted by Crippen LogP contribution is 2.26. The summed E-state index contributed by atoms with van der Waals surface area (Å²) in [6.45, 7) is 4.02. The van der Waals surface area contributed by atoms with Crippen LogP contribution >= 0.6 is 11.8 Å². The van der Waals surface area contributed by atoms with Crippen LogP contribution in [0.1, 0.15) is 45.7 Å². The fraction of sp³-hybridized carbons (Fsp3) is 0.200. The van der Waals surface area contributed by atoms with Gasteiger partial charge in [-0.1, -0.05) is 84.9 Å². The number of carbonyl (C=O) groups excluding carboxylic acids is 2. The van der Waals surface area contributed by atoms with Crippen LogP contribution in [0.4, 0.5) is 0 Å². The number of benzene rings is 5. The zero-order valence-electron chi connectivity index (χ0n) is 26.6. The van der Waals surface area contributed by atoms with E-state index in [2.05, 4.69) is 58.1 Å². The van der Waals surface area contributed by atoms with Crippen molar-refractivity contribution in [2.75, 3.05) is 5.75 Å². The van der Waals surface area contributed by atoms with Gasteiger partial charge in [0.05, 0.1) is 12.1 Å². The summed E-state index contributed by atoms with van der Waals surface area (Å²) >= 11 is 1.58. The summed E-state index contributed by atoms with van der Waals surface area (Å²) in [5.41, 5.74) is 3.29. The molecular formula is C40H39N3O3S. The smallest absolute Gasteiger partial charge is 0.252 e. The highest BCUT2D eigenvalue weighted by Gasteiger charge is 2.27. The van der Waals surface area contributed by atoms with Crippen LogP contribution in [-0.2, 0) is 12.8 Å². The van der Waals surface area contributed by atoms with Gasteiger partial charge >= 0.3 is 0 Å². The molecule has 2 unspecified atom stereocenters. The van der Waals surface area contributed by atoms with Crippen LogP contribution < -0.4 is 10.6 Å². The lowest BCUT2D eigenvalue weighted by Gasteiger charge is -2.28. The maximum Gasteiger partial charge on any atom is 0.252 e. The van der Waals surface area contributed by atoms with Crippen LogP contribution in [-0.4, -0.2) is 45.3 Å². The lowest BCUT2D eigenvalue weighted by atomic mass is 9.93. The third-order valence-electron chi connectivity index (χ3n) is 8.40. The SMILES string of the molecule is CC(C)(Cc1ccccc1)NC(=O)c1ccccc1CC(O)C(CSc1ccc2ccccc2c1)NC(=O)c1cccc2[nH]ccc12. The van der Waals surface area contributed by atoms with Crippen molar-refractivity contribution in [2.24, 2.45) is 0 Å². The molecule has 0 aliphatic carbocycles. The number of hydrogen-bond acceptors (Lipinski definition) is 4. The Morgan fingerprint density at radius 1 is 0.787 bits per heavy atom. The van der Waals surface area contributed by atoms with E-state index in [0.717, 1.165) is 37.7 Å². The first-order valence-corrected chi connectivity index (χ1v) is 16.9. The van der Waals surface area contributed by atoms with Gasteiger partial charge in [0.1, 0.15) is 0 Å². The minimum Gasteiger partial charge on any atom is -0.391 e. The fourth-order valence-electron chi connectivity index (χ4n) is 6.03. The fourth-order valence-corrected chi connectivity index (χ4v) is 7.09. The summed E-state index contributed by atoms with van der Waals surface area (Å²) in [7, 11) is 0. The average Bonchev–Trinajstić information content (AvgIpc) is 3.56. The predicted molar refractivity (Wildman–Crippen MR) is 192 cm³/mol. The van der Waals surface area contributed by atoms with E-state index in [1.807, 2.05) is 86.8 Å². The minimum absolute atomic E-state index is 0.195. The number of amides is 2. The van der Waals surface area contributed by atoms with Crippen LogP contribution in [0.2, 0.25) is 0 Å². The molecule has 6 nitrogen and oxygen atoms in total. The number of aliphatic hydroxyl groups excluding tert-OH is 1. The second-order valence-electron chi connectivity index (χ2n) is 12.6. The van der Waals surface area contributed by atoms with Crippen LogP contribution in [0, 0.1) is 0 Å². The number of fused-ring (bicyclic) bond motifs is 2. The molecule has 0 aliphatic rings. The molecule has 4 N–H and O–H groups in total. The lowest BCUT2D eigenvalue weighted by molar-refractivity contribution is 0.0850. The molecule has 7 heteroatoms. The zero-order valence-corrected chi connectivity index (χ0v) is 27.4. The molecule has 5 aromatic carbocycles. The molecule has 0 aliphatic heterocycles. The van der Waals surface area contributed by atoms with Gasteiger partial charge in [-0.15, -0.1) is 11.8 Å². The number of rotatable bonds is 12. The van der Waals surface area contributed by atoms with Gasteiger partial charge in [0, 0.05) is 50.8 Å². The molecule has 1 aromatic heterocycles. The molecule has 238 valence electrons. The van der Waals surface area contributed by atoms with E-state index in [9.17, 15) is 14.7 Å². The second kappa shape index (κ2) is 14.3. The molecule has 6 rings (SSSR count). The first-order valence-electron chi connectivity index (χ1n) is 15.9. The van der Waals surface area contributed by atoms with Crippen molar-refractivity contribution in [3.63, 3.8) is 0 Å². The number of aliphatic hydroxyl groups is 1. The number of aromatic nitrogens is 1. The van der Waals surface area contributed by atoms with Crippen molar-refractivity contribution in [3.8, 4) is 0 Å². The molecule has 0 bridgehead atoms. The zero-order chi connectivity index (χ0) is 32.8. The standard InChI is InChI=1S/C40H39N3O3S/c1-40(2,25-27-11-4-3-5-12-27)43-39(46)32-16-9-8-15-30(32)24-37(44)36(26-47-31-20-19-28-13-6-7-14-29(28)23-31)42-38(45)34-17-10-18-35-33(34)21-22-41-35/h3-23,36-37,41,44H,24-26H2,1-2H3,(H,42,45)(H,43,46). The van der Waals surface area contributed by atoms with Gasteiger partial charge in [-0.3, -0.25) is 9.59 Å². The Hall–Kier alpha value is -4.85. The summed E-state index contributed by atoms with van der Waals surface area (Å²) in [6.07, 6.45) is 1.73. The van der Waals surface area contributed by atoms with Crippen LogP contribution in [0.5, 0.6) is 0 Å². The van der Waals surface area contributed by atoms with Crippen molar-refractivity contribution < 1.29 is 14.7 Å². The average molecular weight is 642 g/mol. The number of aromatic amines is 1. The van der Waals surface area contributed by atoms with E-state index in [-0.39, 0.29) is 18.2 Å². The Morgan fingerprint density at radius 2 is 1.51 bits per heavy atom.